The van der Waals surface area contributed by atoms with Crippen molar-refractivity contribution in [3.05, 3.63) is 0 Å². The Bertz CT molecular complexity index is 189. The van der Waals surface area contributed by atoms with E-state index in [0.29, 0.717) is 6.42 Å². The fourth-order valence-corrected chi connectivity index (χ4v) is 1.26. The third-order valence-electron chi connectivity index (χ3n) is 2.09. The maximum Gasteiger partial charge on any atom is 0.341 e. The molecule has 0 aliphatic carbocycles. The molecule has 0 radical (unpaired) electrons. The molecule has 1 N–H and O–H groups in total. The molecule has 0 saturated heterocycles. The number of hydrogen-bond donors (Lipinski definition) is 1. The van der Waals surface area contributed by atoms with E-state index in [2.05, 4.69) is 11.7 Å². The molecule has 0 fully saturated rings. The van der Waals surface area contributed by atoms with Gasteiger partial charge in [0.15, 0.2) is 6.61 Å². The minimum absolute atomic E-state index is 0.333. The van der Waals surface area contributed by atoms with Crippen molar-refractivity contribution < 1.29 is 19.4 Å². The first-order valence-electron chi connectivity index (χ1n) is 5.54. The second-order valence-corrected chi connectivity index (χ2v) is 3.57. The topological polar surface area (TPSA) is 63.6 Å². The Morgan fingerprint density at radius 2 is 1.67 bits per heavy atom. The number of carboxylic acid groups (broad SMARTS) is 1. The number of esters is 1. The average molecular weight is 216 g/mol. The summed E-state index contributed by atoms with van der Waals surface area (Å²) in [5.41, 5.74) is 0. The molecule has 0 aliphatic heterocycles. The van der Waals surface area contributed by atoms with Crippen molar-refractivity contribution in [2.45, 2.75) is 51.9 Å². The van der Waals surface area contributed by atoms with Gasteiger partial charge in [-0.25, -0.2) is 4.79 Å². The van der Waals surface area contributed by atoms with Crippen LogP contribution in [0.25, 0.3) is 0 Å². The van der Waals surface area contributed by atoms with Crippen LogP contribution in [0.4, 0.5) is 0 Å². The van der Waals surface area contributed by atoms with Crippen molar-refractivity contribution in [2.24, 2.45) is 0 Å². The van der Waals surface area contributed by atoms with Crippen LogP contribution in [0.2, 0.25) is 0 Å². The Hall–Kier alpha value is -1.06. The molecule has 15 heavy (non-hydrogen) atoms. The zero-order valence-electron chi connectivity index (χ0n) is 9.33. The van der Waals surface area contributed by atoms with E-state index in [9.17, 15) is 9.59 Å². The van der Waals surface area contributed by atoms with Gasteiger partial charge in [0.2, 0.25) is 0 Å². The zero-order chi connectivity index (χ0) is 11.5. The highest BCUT2D eigenvalue weighted by Gasteiger charge is 2.04. The molecule has 0 bridgehead atoms. The first-order chi connectivity index (χ1) is 7.16. The number of rotatable bonds is 9. The first-order valence-corrected chi connectivity index (χ1v) is 5.54. The number of carbonyl (C=O) groups excluding carboxylic acids is 1. The summed E-state index contributed by atoms with van der Waals surface area (Å²) in [5.74, 6) is -1.51. The van der Waals surface area contributed by atoms with Gasteiger partial charge in [-0.15, -0.1) is 0 Å². The van der Waals surface area contributed by atoms with Crippen molar-refractivity contribution in [2.75, 3.05) is 6.61 Å². The molecule has 0 heterocycles. The third kappa shape index (κ3) is 10.9. The zero-order valence-corrected chi connectivity index (χ0v) is 9.33. The summed E-state index contributed by atoms with van der Waals surface area (Å²) in [6.45, 7) is 1.64. The monoisotopic (exact) mass is 216 g/mol. The summed E-state index contributed by atoms with van der Waals surface area (Å²) in [4.78, 5) is 21.0. The van der Waals surface area contributed by atoms with E-state index in [0.717, 1.165) is 19.3 Å². The van der Waals surface area contributed by atoms with Crippen LogP contribution in [0, 0.1) is 0 Å². The lowest BCUT2D eigenvalue weighted by atomic mass is 10.1. The van der Waals surface area contributed by atoms with Crippen LogP contribution in [-0.2, 0) is 14.3 Å². The second kappa shape index (κ2) is 9.49. The molecule has 4 heteroatoms. The molecule has 0 saturated carbocycles. The van der Waals surface area contributed by atoms with E-state index in [-0.39, 0.29) is 0 Å². The van der Waals surface area contributed by atoms with Crippen molar-refractivity contribution in [3.8, 4) is 0 Å². The molecule has 88 valence electrons. The van der Waals surface area contributed by atoms with Gasteiger partial charge in [0.25, 0.3) is 0 Å². The van der Waals surface area contributed by atoms with E-state index in [1.807, 2.05) is 0 Å². The van der Waals surface area contributed by atoms with E-state index < -0.39 is 18.5 Å². The number of carbonyl (C=O) groups is 2. The summed E-state index contributed by atoms with van der Waals surface area (Å²) < 4.78 is 4.49. The molecule has 0 aromatic heterocycles. The summed E-state index contributed by atoms with van der Waals surface area (Å²) in [7, 11) is 0. The molecular formula is C11H20O4. The van der Waals surface area contributed by atoms with Gasteiger partial charge in [0, 0.05) is 6.42 Å². The highest BCUT2D eigenvalue weighted by atomic mass is 16.5. The van der Waals surface area contributed by atoms with Gasteiger partial charge in [0.05, 0.1) is 0 Å². The molecule has 0 spiro atoms. The quantitative estimate of drug-likeness (QED) is 0.474. The minimum Gasteiger partial charge on any atom is -0.479 e. The molecule has 0 amide bonds. The number of hydrogen-bond acceptors (Lipinski definition) is 3. The van der Waals surface area contributed by atoms with E-state index in [4.69, 9.17) is 5.11 Å². The predicted molar refractivity (Wildman–Crippen MR) is 56.6 cm³/mol. The van der Waals surface area contributed by atoms with E-state index in [1.54, 1.807) is 0 Å². The fourth-order valence-electron chi connectivity index (χ4n) is 1.26. The molecule has 0 unspecified atom stereocenters. The van der Waals surface area contributed by atoms with Crippen LogP contribution in [0.3, 0.4) is 0 Å². The standard InChI is InChI=1S/C11H20O4/c1-2-3-4-5-6-7-8-11(14)15-9-10(12)13/h2-9H2,1H3,(H,12,13). The number of carboxylic acids is 1. The largest absolute Gasteiger partial charge is 0.479 e. The van der Waals surface area contributed by atoms with Crippen molar-refractivity contribution in [3.63, 3.8) is 0 Å². The van der Waals surface area contributed by atoms with Crippen molar-refractivity contribution in [1.82, 2.24) is 0 Å². The van der Waals surface area contributed by atoms with Crippen LogP contribution in [0.5, 0.6) is 0 Å². The Balaban J connectivity index is 3.20. The Labute approximate surface area is 90.6 Å². The molecule has 0 aromatic rings. The van der Waals surface area contributed by atoms with Gasteiger partial charge < -0.3 is 9.84 Å². The van der Waals surface area contributed by atoms with Crippen LogP contribution >= 0.6 is 0 Å². The summed E-state index contributed by atoms with van der Waals surface area (Å²) in [6.07, 6.45) is 6.94. The molecule has 0 aromatic carbocycles. The number of aliphatic carboxylic acids is 1. The molecule has 4 nitrogen and oxygen atoms in total. The molecule has 0 atom stereocenters. The summed E-state index contributed by atoms with van der Waals surface area (Å²) in [6, 6.07) is 0. The van der Waals surface area contributed by atoms with Gasteiger partial charge >= 0.3 is 11.9 Å². The van der Waals surface area contributed by atoms with Gasteiger partial charge in [-0.1, -0.05) is 39.0 Å². The maximum absolute atomic E-state index is 11.0. The lowest BCUT2D eigenvalue weighted by Gasteiger charge is -2.01. The SMILES string of the molecule is CCCCCCCCC(=O)OCC(=O)O. The fraction of sp³-hybridized carbons (Fsp3) is 0.818. The summed E-state index contributed by atoms with van der Waals surface area (Å²) >= 11 is 0. The van der Waals surface area contributed by atoms with Crippen LogP contribution in [0.15, 0.2) is 0 Å². The molecule has 0 aliphatic rings. The third-order valence-corrected chi connectivity index (χ3v) is 2.09. The highest BCUT2D eigenvalue weighted by Crippen LogP contribution is 2.07. The van der Waals surface area contributed by atoms with Gasteiger partial charge in [0.1, 0.15) is 0 Å². The average Bonchev–Trinajstić information content (AvgIpc) is 2.20. The van der Waals surface area contributed by atoms with Crippen LogP contribution < -0.4 is 0 Å². The van der Waals surface area contributed by atoms with E-state index >= 15 is 0 Å². The second-order valence-electron chi connectivity index (χ2n) is 3.57. The Kier molecular flexibility index (Phi) is 8.82. The minimum atomic E-state index is -1.11. The Morgan fingerprint density at radius 3 is 2.27 bits per heavy atom. The van der Waals surface area contributed by atoms with Crippen molar-refractivity contribution in [1.29, 1.82) is 0 Å². The van der Waals surface area contributed by atoms with Crippen molar-refractivity contribution >= 4 is 11.9 Å². The first kappa shape index (κ1) is 13.9. The van der Waals surface area contributed by atoms with Gasteiger partial charge in [-0.05, 0) is 6.42 Å². The van der Waals surface area contributed by atoms with Gasteiger partial charge in [-0.3, -0.25) is 4.79 Å². The van der Waals surface area contributed by atoms with Crippen LogP contribution in [0.1, 0.15) is 51.9 Å². The normalized spacial score (nSPS) is 9.93. The lowest BCUT2D eigenvalue weighted by molar-refractivity contribution is -0.155. The lowest BCUT2D eigenvalue weighted by Crippen LogP contribution is -2.12. The maximum atomic E-state index is 11.0. The predicted octanol–water partition coefficient (Wildman–Crippen LogP) is 2.36. The highest BCUT2D eigenvalue weighted by molar-refractivity contribution is 5.75. The summed E-state index contributed by atoms with van der Waals surface area (Å²) in [5, 5.41) is 8.25. The van der Waals surface area contributed by atoms with E-state index in [1.165, 1.54) is 19.3 Å². The molecule has 0 rings (SSSR count). The smallest absolute Gasteiger partial charge is 0.341 e. The van der Waals surface area contributed by atoms with Gasteiger partial charge in [-0.2, -0.15) is 0 Å². The Morgan fingerprint density at radius 1 is 1.07 bits per heavy atom. The number of unbranched alkanes of at least 4 members (excludes halogenated alkanes) is 5. The number of ether oxygens (including phenoxy) is 1. The van der Waals surface area contributed by atoms with Crippen LogP contribution in [-0.4, -0.2) is 23.7 Å². The molecular weight excluding hydrogens is 196 g/mol.